The summed E-state index contributed by atoms with van der Waals surface area (Å²) in [6.45, 7) is 3.81. The molecule has 2 heterocycles. The smallest absolute Gasteiger partial charge is 0.335 e. The Kier molecular flexibility index (Phi) is 6.26. The minimum Gasteiger partial charge on any atom is -0.478 e. The van der Waals surface area contributed by atoms with Crippen molar-refractivity contribution in [2.75, 3.05) is 10.6 Å². The molecule has 170 valence electrons. The topological polar surface area (TPSA) is 100 Å². The van der Waals surface area contributed by atoms with Gasteiger partial charge in [0.2, 0.25) is 0 Å². The first kappa shape index (κ1) is 22.6. The SMILES string of the molecule is Cc1ccc(C)n1S(=O)(=O)c1cc(C(=O)O)cc(NCc2ccsc2)c1Nc1ccccc1. The Morgan fingerprint density at radius 1 is 1.03 bits per heavy atom. The molecule has 2 aromatic carbocycles. The highest BCUT2D eigenvalue weighted by atomic mass is 32.2. The van der Waals surface area contributed by atoms with Gasteiger partial charge in [-0.3, -0.25) is 0 Å². The molecule has 3 N–H and O–H groups in total. The van der Waals surface area contributed by atoms with Crippen LogP contribution in [-0.4, -0.2) is 23.5 Å². The average Bonchev–Trinajstić information content (AvgIpc) is 3.42. The Labute approximate surface area is 196 Å². The zero-order valence-corrected chi connectivity index (χ0v) is 19.7. The van der Waals surface area contributed by atoms with E-state index in [-0.39, 0.29) is 16.1 Å². The molecule has 0 aliphatic carbocycles. The van der Waals surface area contributed by atoms with Gasteiger partial charge in [0.05, 0.1) is 16.9 Å². The maximum absolute atomic E-state index is 13.8. The van der Waals surface area contributed by atoms with Gasteiger partial charge in [0, 0.05) is 23.6 Å². The van der Waals surface area contributed by atoms with E-state index in [4.69, 9.17) is 0 Å². The summed E-state index contributed by atoms with van der Waals surface area (Å²) in [6, 6.07) is 17.2. The molecule has 0 aliphatic heterocycles. The number of hydrogen-bond donors (Lipinski definition) is 3. The maximum atomic E-state index is 13.8. The number of nitrogens with zero attached hydrogens (tertiary/aromatic N) is 1. The number of benzene rings is 2. The van der Waals surface area contributed by atoms with E-state index in [1.807, 2.05) is 47.2 Å². The van der Waals surface area contributed by atoms with E-state index < -0.39 is 16.0 Å². The lowest BCUT2D eigenvalue weighted by atomic mass is 10.1. The minimum absolute atomic E-state index is 0.123. The molecule has 0 aliphatic rings. The Morgan fingerprint density at radius 2 is 1.73 bits per heavy atom. The first-order valence-corrected chi connectivity index (χ1v) is 12.5. The van der Waals surface area contributed by atoms with E-state index in [2.05, 4.69) is 10.6 Å². The Hall–Kier alpha value is -3.56. The molecular formula is C24H23N3O4S2. The van der Waals surface area contributed by atoms with Crippen molar-refractivity contribution >= 4 is 44.4 Å². The predicted octanol–water partition coefficient (Wildman–Crippen LogP) is 5.46. The molecule has 0 bridgehead atoms. The molecule has 2 aromatic heterocycles. The van der Waals surface area contributed by atoms with E-state index >= 15 is 0 Å². The van der Waals surface area contributed by atoms with Gasteiger partial charge in [-0.1, -0.05) is 18.2 Å². The number of carboxylic acid groups (broad SMARTS) is 1. The van der Waals surface area contributed by atoms with Crippen LogP contribution in [0.1, 0.15) is 27.3 Å². The van der Waals surface area contributed by atoms with Crippen molar-refractivity contribution in [3.05, 3.63) is 93.9 Å². The number of carbonyl (C=O) groups is 1. The van der Waals surface area contributed by atoms with Crippen LogP contribution in [0, 0.1) is 13.8 Å². The van der Waals surface area contributed by atoms with Crippen LogP contribution in [0.15, 0.2) is 76.3 Å². The lowest BCUT2D eigenvalue weighted by Crippen LogP contribution is -2.19. The fourth-order valence-corrected chi connectivity index (χ4v) is 6.04. The summed E-state index contributed by atoms with van der Waals surface area (Å²) in [7, 11) is -4.11. The summed E-state index contributed by atoms with van der Waals surface area (Å²) in [5, 5.41) is 20.1. The third kappa shape index (κ3) is 4.64. The van der Waals surface area contributed by atoms with Gasteiger partial charge in [-0.05, 0) is 72.6 Å². The summed E-state index contributed by atoms with van der Waals surface area (Å²) in [4.78, 5) is 11.8. The minimum atomic E-state index is -4.11. The zero-order chi connectivity index (χ0) is 23.6. The van der Waals surface area contributed by atoms with Gasteiger partial charge in [-0.25, -0.2) is 17.2 Å². The normalized spacial score (nSPS) is 11.3. The average molecular weight is 482 g/mol. The number of hydrogen-bond acceptors (Lipinski definition) is 6. The summed E-state index contributed by atoms with van der Waals surface area (Å²) in [5.74, 6) is -1.21. The Balaban J connectivity index is 1.93. The van der Waals surface area contributed by atoms with Crippen molar-refractivity contribution in [1.29, 1.82) is 0 Å². The van der Waals surface area contributed by atoms with E-state index in [0.29, 0.717) is 29.3 Å². The largest absolute Gasteiger partial charge is 0.478 e. The van der Waals surface area contributed by atoms with Crippen LogP contribution in [0.2, 0.25) is 0 Å². The number of aromatic nitrogens is 1. The van der Waals surface area contributed by atoms with Crippen molar-refractivity contribution in [2.24, 2.45) is 0 Å². The first-order valence-electron chi connectivity index (χ1n) is 10.2. The molecule has 9 heteroatoms. The summed E-state index contributed by atoms with van der Waals surface area (Å²) in [6.07, 6.45) is 0. The van der Waals surface area contributed by atoms with E-state index in [1.165, 1.54) is 16.1 Å². The highest BCUT2D eigenvalue weighted by molar-refractivity contribution is 7.90. The monoisotopic (exact) mass is 481 g/mol. The molecule has 0 unspecified atom stereocenters. The molecule has 0 atom stereocenters. The number of rotatable bonds is 8. The number of aromatic carboxylic acids is 1. The second-order valence-corrected chi connectivity index (χ2v) is 10.1. The van der Waals surface area contributed by atoms with Gasteiger partial charge in [-0.15, -0.1) is 0 Å². The third-order valence-electron chi connectivity index (χ3n) is 5.18. The molecule has 0 amide bonds. The Morgan fingerprint density at radius 3 is 2.33 bits per heavy atom. The van der Waals surface area contributed by atoms with E-state index in [1.54, 1.807) is 37.3 Å². The van der Waals surface area contributed by atoms with Gasteiger partial charge in [0.1, 0.15) is 4.90 Å². The number of nitrogens with one attached hydrogen (secondary N) is 2. The number of para-hydroxylation sites is 1. The van der Waals surface area contributed by atoms with Crippen LogP contribution >= 0.6 is 11.3 Å². The van der Waals surface area contributed by atoms with Gasteiger partial charge < -0.3 is 15.7 Å². The number of carboxylic acids is 1. The summed E-state index contributed by atoms with van der Waals surface area (Å²) < 4.78 is 28.9. The van der Waals surface area contributed by atoms with Gasteiger partial charge >= 0.3 is 5.97 Å². The van der Waals surface area contributed by atoms with E-state index in [9.17, 15) is 18.3 Å². The van der Waals surface area contributed by atoms with Crippen molar-refractivity contribution in [3.8, 4) is 0 Å². The highest BCUT2D eigenvalue weighted by Crippen LogP contribution is 2.36. The maximum Gasteiger partial charge on any atom is 0.335 e. The van der Waals surface area contributed by atoms with Crippen LogP contribution in [-0.2, 0) is 16.6 Å². The van der Waals surface area contributed by atoms with Crippen LogP contribution in [0.3, 0.4) is 0 Å². The molecule has 0 spiro atoms. The number of anilines is 3. The second kappa shape index (κ2) is 9.13. The molecular weight excluding hydrogens is 458 g/mol. The van der Waals surface area contributed by atoms with E-state index in [0.717, 1.165) is 5.56 Å². The quantitative estimate of drug-likeness (QED) is 0.309. The highest BCUT2D eigenvalue weighted by Gasteiger charge is 2.28. The molecule has 4 aromatic rings. The molecule has 33 heavy (non-hydrogen) atoms. The lowest BCUT2D eigenvalue weighted by Gasteiger charge is -2.20. The Bertz CT molecular complexity index is 1370. The van der Waals surface area contributed by atoms with Gasteiger partial charge in [0.25, 0.3) is 10.0 Å². The fraction of sp³-hybridized carbons (Fsp3) is 0.125. The lowest BCUT2D eigenvalue weighted by molar-refractivity contribution is 0.0696. The molecule has 0 saturated carbocycles. The summed E-state index contributed by atoms with van der Waals surface area (Å²) in [5.41, 5.74) is 3.30. The number of aryl methyl sites for hydroxylation is 2. The summed E-state index contributed by atoms with van der Waals surface area (Å²) >= 11 is 1.55. The van der Waals surface area contributed by atoms with Gasteiger partial charge in [0.15, 0.2) is 0 Å². The van der Waals surface area contributed by atoms with Crippen LogP contribution in [0.5, 0.6) is 0 Å². The molecule has 0 saturated heterocycles. The first-order chi connectivity index (χ1) is 15.8. The standard InChI is InChI=1S/C24H23N3O4S2/c1-16-8-9-17(2)27(16)33(30,31)22-13-19(24(28)29)12-21(25-14-18-10-11-32-15-18)23(22)26-20-6-4-3-5-7-20/h3-13,15,25-26H,14H2,1-2H3,(H,28,29). The second-order valence-electron chi connectivity index (χ2n) is 7.56. The predicted molar refractivity (Wildman–Crippen MR) is 131 cm³/mol. The fourth-order valence-electron chi connectivity index (χ4n) is 3.60. The zero-order valence-electron chi connectivity index (χ0n) is 18.1. The van der Waals surface area contributed by atoms with Crippen LogP contribution < -0.4 is 10.6 Å². The van der Waals surface area contributed by atoms with Crippen LogP contribution in [0.25, 0.3) is 0 Å². The third-order valence-corrected chi connectivity index (χ3v) is 7.85. The molecule has 4 rings (SSSR count). The van der Waals surface area contributed by atoms with Crippen molar-refractivity contribution in [1.82, 2.24) is 3.97 Å². The van der Waals surface area contributed by atoms with Crippen LogP contribution in [0.4, 0.5) is 17.1 Å². The molecule has 0 radical (unpaired) electrons. The molecule has 0 fully saturated rings. The van der Waals surface area contributed by atoms with Gasteiger partial charge in [-0.2, -0.15) is 11.3 Å². The van der Waals surface area contributed by atoms with Crippen molar-refractivity contribution in [2.45, 2.75) is 25.3 Å². The van der Waals surface area contributed by atoms with Crippen molar-refractivity contribution in [3.63, 3.8) is 0 Å². The van der Waals surface area contributed by atoms with Crippen molar-refractivity contribution < 1.29 is 18.3 Å². The molecule has 7 nitrogen and oxygen atoms in total. The number of thiophene rings is 1.